The number of carbonyl (C=O) groups excluding carboxylic acids is 1. The largest absolute Gasteiger partial charge is 0.511 e. The molecule has 0 amide bonds. The number of aliphatic hydroxyl groups excluding tert-OH is 2. The molecule has 2 rings (SSSR count). The second-order valence-electron chi connectivity index (χ2n) is 7.60. The van der Waals surface area contributed by atoms with Gasteiger partial charge < -0.3 is 10.2 Å². The van der Waals surface area contributed by atoms with Crippen molar-refractivity contribution < 1.29 is 15.0 Å². The molecule has 144 valence electrons. The number of rotatable bonds is 8. The van der Waals surface area contributed by atoms with E-state index in [0.29, 0.717) is 12.0 Å². The second-order valence-corrected chi connectivity index (χ2v) is 7.60. The zero-order valence-electron chi connectivity index (χ0n) is 16.4. The number of aliphatic hydroxyl groups is 2. The van der Waals surface area contributed by atoms with E-state index in [1.807, 2.05) is 36.4 Å². The van der Waals surface area contributed by atoms with Crippen LogP contribution in [0.3, 0.4) is 0 Å². The summed E-state index contributed by atoms with van der Waals surface area (Å²) in [4.78, 5) is 12.5. The second kappa shape index (κ2) is 10.1. The van der Waals surface area contributed by atoms with Gasteiger partial charge in [0.1, 0.15) is 11.7 Å². The van der Waals surface area contributed by atoms with Crippen LogP contribution in [0.1, 0.15) is 45.6 Å². The zero-order valence-corrected chi connectivity index (χ0v) is 16.4. The van der Waals surface area contributed by atoms with E-state index in [2.05, 4.69) is 26.8 Å². The normalized spacial score (nSPS) is 19.4. The van der Waals surface area contributed by atoms with Gasteiger partial charge in [0.05, 0.1) is 6.10 Å². The summed E-state index contributed by atoms with van der Waals surface area (Å²) < 4.78 is 0. The minimum atomic E-state index is -0.869. The van der Waals surface area contributed by atoms with Gasteiger partial charge in [-0.15, -0.1) is 0 Å². The van der Waals surface area contributed by atoms with E-state index < -0.39 is 12.0 Å². The number of hydrogen-bond donors (Lipinski definition) is 2. The molecule has 0 radical (unpaired) electrons. The maximum atomic E-state index is 12.5. The van der Waals surface area contributed by atoms with Crippen molar-refractivity contribution in [2.24, 2.45) is 11.8 Å². The van der Waals surface area contributed by atoms with Gasteiger partial charge in [-0.05, 0) is 62.3 Å². The lowest BCUT2D eigenvalue weighted by molar-refractivity contribution is -0.121. The average Bonchev–Trinajstić information content (AvgIpc) is 2.60. The summed E-state index contributed by atoms with van der Waals surface area (Å²) in [6, 6.07) is 9.76. The van der Waals surface area contributed by atoms with Crippen LogP contribution in [0.15, 0.2) is 71.5 Å². The summed E-state index contributed by atoms with van der Waals surface area (Å²) in [5.41, 5.74) is 2.94. The van der Waals surface area contributed by atoms with Crippen molar-refractivity contribution in [3.8, 4) is 0 Å². The molecule has 3 atom stereocenters. The van der Waals surface area contributed by atoms with E-state index in [1.165, 1.54) is 11.6 Å². The van der Waals surface area contributed by atoms with Crippen molar-refractivity contribution in [2.75, 3.05) is 0 Å². The van der Waals surface area contributed by atoms with Gasteiger partial charge in [0, 0.05) is 0 Å². The Morgan fingerprint density at radius 3 is 2.48 bits per heavy atom. The first-order valence-electron chi connectivity index (χ1n) is 9.57. The summed E-state index contributed by atoms with van der Waals surface area (Å²) in [5.74, 6) is -0.879. The van der Waals surface area contributed by atoms with E-state index in [0.717, 1.165) is 18.4 Å². The summed E-state index contributed by atoms with van der Waals surface area (Å²) in [7, 11) is 0. The first-order chi connectivity index (χ1) is 12.9. The molecule has 1 aromatic rings. The first kappa shape index (κ1) is 20.9. The minimum Gasteiger partial charge on any atom is -0.511 e. The molecule has 27 heavy (non-hydrogen) atoms. The van der Waals surface area contributed by atoms with Crippen LogP contribution in [0.5, 0.6) is 0 Å². The van der Waals surface area contributed by atoms with Crippen molar-refractivity contribution in [1.82, 2.24) is 0 Å². The van der Waals surface area contributed by atoms with E-state index in [1.54, 1.807) is 12.2 Å². The highest BCUT2D eigenvalue weighted by Gasteiger charge is 2.32. The number of carbonyl (C=O) groups is 1. The Kier molecular flexibility index (Phi) is 7.81. The molecule has 0 aliphatic heterocycles. The van der Waals surface area contributed by atoms with E-state index in [4.69, 9.17) is 0 Å². The SMILES string of the molecule is CC(C)=CCC[C@H](C)CC(O)C1C(=O)C=C(/C=C/c2ccccc2)C=C1O. The molecule has 2 unspecified atom stereocenters. The van der Waals surface area contributed by atoms with Gasteiger partial charge in [-0.3, -0.25) is 4.79 Å². The Hall–Kier alpha value is -2.39. The lowest BCUT2D eigenvalue weighted by Gasteiger charge is -2.25. The quantitative estimate of drug-likeness (QED) is 0.606. The Balaban J connectivity index is 1.97. The molecule has 0 saturated carbocycles. The Morgan fingerprint density at radius 2 is 1.85 bits per heavy atom. The van der Waals surface area contributed by atoms with E-state index in [-0.39, 0.29) is 17.5 Å². The monoisotopic (exact) mass is 366 g/mol. The fraction of sp³-hybridized carbons (Fsp3) is 0.375. The van der Waals surface area contributed by atoms with Crippen LogP contribution in [0.4, 0.5) is 0 Å². The Labute approximate surface area is 162 Å². The van der Waals surface area contributed by atoms with Crippen molar-refractivity contribution >= 4 is 11.9 Å². The van der Waals surface area contributed by atoms with Crippen LogP contribution in [0.25, 0.3) is 6.08 Å². The van der Waals surface area contributed by atoms with Crippen LogP contribution in [0, 0.1) is 11.8 Å². The summed E-state index contributed by atoms with van der Waals surface area (Å²) in [6.45, 7) is 6.21. The molecule has 0 spiro atoms. The molecule has 2 N–H and O–H groups in total. The predicted octanol–water partition coefficient (Wildman–Crippen LogP) is 5.40. The smallest absolute Gasteiger partial charge is 0.169 e. The van der Waals surface area contributed by atoms with E-state index in [9.17, 15) is 15.0 Å². The highest BCUT2D eigenvalue weighted by Crippen LogP contribution is 2.28. The average molecular weight is 367 g/mol. The highest BCUT2D eigenvalue weighted by atomic mass is 16.3. The molecule has 3 heteroatoms. The van der Waals surface area contributed by atoms with Gasteiger partial charge in [0.25, 0.3) is 0 Å². The Morgan fingerprint density at radius 1 is 1.15 bits per heavy atom. The van der Waals surface area contributed by atoms with Gasteiger partial charge in [0.2, 0.25) is 0 Å². The van der Waals surface area contributed by atoms with Crippen molar-refractivity contribution in [3.05, 3.63) is 77.1 Å². The maximum absolute atomic E-state index is 12.5. The molecule has 1 aliphatic carbocycles. The predicted molar refractivity (Wildman–Crippen MR) is 111 cm³/mol. The number of allylic oxidation sites excluding steroid dienone is 6. The fourth-order valence-corrected chi connectivity index (χ4v) is 3.26. The summed E-state index contributed by atoms with van der Waals surface area (Å²) in [5, 5.41) is 20.8. The third-order valence-electron chi connectivity index (χ3n) is 4.76. The number of benzene rings is 1. The first-order valence-corrected chi connectivity index (χ1v) is 9.57. The number of ketones is 1. The standard InChI is InChI=1S/C24H30O3/c1-17(2)8-7-9-18(3)14-21(25)24-22(26)15-20(16-23(24)27)13-12-19-10-5-4-6-11-19/h4-6,8,10-13,15-16,18,21,24-26H,7,9,14H2,1-3H3/b13-12+/t18-,21?,24?/m0/s1. The number of hydrogen-bond acceptors (Lipinski definition) is 3. The van der Waals surface area contributed by atoms with E-state index >= 15 is 0 Å². The minimum absolute atomic E-state index is 0.0563. The third kappa shape index (κ3) is 6.69. The molecule has 0 saturated heterocycles. The van der Waals surface area contributed by atoms with Crippen molar-refractivity contribution in [2.45, 2.75) is 46.1 Å². The Bertz CT molecular complexity index is 749. The maximum Gasteiger partial charge on any atom is 0.169 e. The molecule has 1 aliphatic rings. The molecule has 0 bridgehead atoms. The zero-order chi connectivity index (χ0) is 19.8. The van der Waals surface area contributed by atoms with Gasteiger partial charge >= 0.3 is 0 Å². The van der Waals surface area contributed by atoms with Crippen LogP contribution >= 0.6 is 0 Å². The van der Waals surface area contributed by atoms with Crippen molar-refractivity contribution in [1.29, 1.82) is 0 Å². The lowest BCUT2D eigenvalue weighted by Crippen LogP contribution is -2.32. The summed E-state index contributed by atoms with van der Waals surface area (Å²) in [6.07, 6.45) is 10.5. The third-order valence-corrected chi connectivity index (χ3v) is 4.76. The van der Waals surface area contributed by atoms with Crippen LogP contribution < -0.4 is 0 Å². The topological polar surface area (TPSA) is 57.5 Å². The van der Waals surface area contributed by atoms with Crippen LogP contribution in [-0.2, 0) is 4.79 Å². The van der Waals surface area contributed by atoms with Crippen LogP contribution in [-0.4, -0.2) is 22.1 Å². The lowest BCUT2D eigenvalue weighted by atomic mass is 9.84. The molecule has 0 aromatic heterocycles. The van der Waals surface area contributed by atoms with Gasteiger partial charge in [-0.25, -0.2) is 0 Å². The molecular formula is C24H30O3. The molecule has 0 heterocycles. The van der Waals surface area contributed by atoms with Crippen molar-refractivity contribution in [3.63, 3.8) is 0 Å². The summed E-state index contributed by atoms with van der Waals surface area (Å²) >= 11 is 0. The van der Waals surface area contributed by atoms with Gasteiger partial charge in [-0.2, -0.15) is 0 Å². The van der Waals surface area contributed by atoms with Gasteiger partial charge in [-0.1, -0.05) is 61.1 Å². The van der Waals surface area contributed by atoms with Crippen LogP contribution in [0.2, 0.25) is 0 Å². The molecule has 1 aromatic carbocycles. The molecular weight excluding hydrogens is 336 g/mol. The van der Waals surface area contributed by atoms with Gasteiger partial charge in [0.15, 0.2) is 5.78 Å². The fourth-order valence-electron chi connectivity index (χ4n) is 3.26. The molecule has 0 fully saturated rings. The highest BCUT2D eigenvalue weighted by molar-refractivity contribution is 5.97. The molecule has 3 nitrogen and oxygen atoms in total.